The van der Waals surface area contributed by atoms with Crippen molar-refractivity contribution in [3.63, 3.8) is 0 Å². The van der Waals surface area contributed by atoms with E-state index in [-0.39, 0.29) is 11.9 Å². The van der Waals surface area contributed by atoms with Crippen LogP contribution in [0.4, 0.5) is 5.69 Å². The van der Waals surface area contributed by atoms with Crippen molar-refractivity contribution in [2.75, 3.05) is 25.1 Å². The maximum absolute atomic E-state index is 12.1. The van der Waals surface area contributed by atoms with E-state index >= 15 is 0 Å². The summed E-state index contributed by atoms with van der Waals surface area (Å²) in [4.78, 5) is 14.0. The molecular weight excluding hydrogens is 240 g/mol. The second-order valence-electron chi connectivity index (χ2n) is 5.07. The van der Waals surface area contributed by atoms with Crippen LogP contribution in [0.15, 0.2) is 12.1 Å². The van der Waals surface area contributed by atoms with Gasteiger partial charge in [0.05, 0.1) is 7.11 Å². The summed E-state index contributed by atoms with van der Waals surface area (Å²) < 4.78 is 5.31. The first-order chi connectivity index (χ1) is 9.06. The molecule has 1 aliphatic rings. The maximum atomic E-state index is 12.1. The van der Waals surface area contributed by atoms with Crippen LogP contribution in [0.1, 0.15) is 24.5 Å². The number of likely N-dealkylation sites (N-methyl/N-ethyl adjacent to an activating group) is 1. The molecule has 0 radical (unpaired) electrons. The Balaban J connectivity index is 2.27. The zero-order valence-electron chi connectivity index (χ0n) is 12.1. The van der Waals surface area contributed by atoms with Crippen molar-refractivity contribution in [3.05, 3.63) is 23.3 Å². The molecule has 1 unspecified atom stereocenters. The summed E-state index contributed by atoms with van der Waals surface area (Å²) in [5.74, 6) is 1.06. The van der Waals surface area contributed by atoms with Crippen molar-refractivity contribution in [2.45, 2.75) is 33.2 Å². The third-order valence-corrected chi connectivity index (χ3v) is 3.62. The Bertz CT molecular complexity index is 485. The Morgan fingerprint density at radius 2 is 2.11 bits per heavy atom. The van der Waals surface area contributed by atoms with Gasteiger partial charge in [0.15, 0.2) is 0 Å². The summed E-state index contributed by atoms with van der Waals surface area (Å²) in [6.45, 7) is 7.73. The van der Waals surface area contributed by atoms with E-state index in [1.54, 1.807) is 7.11 Å². The molecule has 1 fully saturated rings. The van der Waals surface area contributed by atoms with Crippen LogP contribution >= 0.6 is 0 Å². The van der Waals surface area contributed by atoms with Crippen LogP contribution in [-0.4, -0.2) is 32.1 Å². The highest BCUT2D eigenvalue weighted by Crippen LogP contribution is 2.31. The third kappa shape index (κ3) is 2.73. The molecule has 1 amide bonds. The quantitative estimate of drug-likeness (QED) is 0.902. The minimum atomic E-state index is 0.193. The number of benzene rings is 1. The second kappa shape index (κ2) is 5.61. The average molecular weight is 262 g/mol. The number of anilines is 1. The van der Waals surface area contributed by atoms with E-state index in [0.29, 0.717) is 6.42 Å². The lowest BCUT2D eigenvalue weighted by atomic mass is 10.1. The molecule has 1 heterocycles. The van der Waals surface area contributed by atoms with Crippen LogP contribution in [0, 0.1) is 13.8 Å². The molecule has 19 heavy (non-hydrogen) atoms. The van der Waals surface area contributed by atoms with Gasteiger partial charge in [0.2, 0.25) is 5.91 Å². The number of carbonyl (C=O) groups excluding carboxylic acids is 1. The normalized spacial score (nSPS) is 19.1. The maximum Gasteiger partial charge on any atom is 0.228 e. The van der Waals surface area contributed by atoms with E-state index in [9.17, 15) is 4.79 Å². The van der Waals surface area contributed by atoms with Gasteiger partial charge in [-0.25, -0.2) is 0 Å². The first kappa shape index (κ1) is 13.9. The molecule has 4 heteroatoms. The van der Waals surface area contributed by atoms with Crippen LogP contribution in [0.25, 0.3) is 0 Å². The minimum Gasteiger partial charge on any atom is -0.496 e. The van der Waals surface area contributed by atoms with E-state index in [1.807, 2.05) is 30.9 Å². The SMILES string of the molecule is CCNC1CC(=O)N(c2cc(C)c(OC)cc2C)C1. The first-order valence-electron chi connectivity index (χ1n) is 6.75. The molecule has 1 saturated heterocycles. The summed E-state index contributed by atoms with van der Waals surface area (Å²) >= 11 is 0. The van der Waals surface area contributed by atoms with Gasteiger partial charge in [0, 0.05) is 24.7 Å². The molecular formula is C15H22N2O2. The van der Waals surface area contributed by atoms with Crippen molar-refractivity contribution in [3.8, 4) is 5.75 Å². The predicted molar refractivity (Wildman–Crippen MR) is 76.9 cm³/mol. The summed E-state index contributed by atoms with van der Waals surface area (Å²) in [5.41, 5.74) is 3.14. The van der Waals surface area contributed by atoms with E-state index in [0.717, 1.165) is 35.7 Å². The summed E-state index contributed by atoms with van der Waals surface area (Å²) in [6.07, 6.45) is 0.582. The van der Waals surface area contributed by atoms with Crippen molar-refractivity contribution in [1.29, 1.82) is 0 Å². The van der Waals surface area contributed by atoms with Gasteiger partial charge in [-0.3, -0.25) is 4.79 Å². The Kier molecular flexibility index (Phi) is 4.10. The van der Waals surface area contributed by atoms with E-state index in [1.165, 1.54) is 0 Å². The Morgan fingerprint density at radius 1 is 1.37 bits per heavy atom. The summed E-state index contributed by atoms with van der Waals surface area (Å²) in [5, 5.41) is 3.34. The highest BCUT2D eigenvalue weighted by molar-refractivity contribution is 5.97. The minimum absolute atomic E-state index is 0.193. The molecule has 1 aromatic carbocycles. The van der Waals surface area contributed by atoms with Crippen molar-refractivity contribution in [2.24, 2.45) is 0 Å². The molecule has 0 bridgehead atoms. The van der Waals surface area contributed by atoms with E-state index in [2.05, 4.69) is 12.2 Å². The van der Waals surface area contributed by atoms with Crippen LogP contribution in [0.2, 0.25) is 0 Å². The molecule has 104 valence electrons. The smallest absolute Gasteiger partial charge is 0.228 e. The number of aryl methyl sites for hydroxylation is 2. The summed E-state index contributed by atoms with van der Waals surface area (Å²) in [6, 6.07) is 4.30. The molecule has 2 rings (SSSR count). The lowest BCUT2D eigenvalue weighted by Crippen LogP contribution is -2.32. The Morgan fingerprint density at radius 3 is 2.74 bits per heavy atom. The van der Waals surface area contributed by atoms with Crippen molar-refractivity contribution >= 4 is 11.6 Å². The highest BCUT2D eigenvalue weighted by atomic mass is 16.5. The number of hydrogen-bond acceptors (Lipinski definition) is 3. The number of methoxy groups -OCH3 is 1. The van der Waals surface area contributed by atoms with Gasteiger partial charge >= 0.3 is 0 Å². The predicted octanol–water partition coefficient (Wildman–Crippen LogP) is 2.03. The van der Waals surface area contributed by atoms with Crippen LogP contribution in [0.5, 0.6) is 5.75 Å². The molecule has 0 aromatic heterocycles. The van der Waals surface area contributed by atoms with Crippen LogP contribution in [-0.2, 0) is 4.79 Å². The van der Waals surface area contributed by atoms with E-state index < -0.39 is 0 Å². The van der Waals surface area contributed by atoms with Crippen molar-refractivity contribution in [1.82, 2.24) is 5.32 Å². The molecule has 0 spiro atoms. The molecule has 0 saturated carbocycles. The number of hydrogen-bond donors (Lipinski definition) is 1. The number of ether oxygens (including phenoxy) is 1. The molecule has 0 aliphatic carbocycles. The van der Waals surface area contributed by atoms with Gasteiger partial charge in [-0.2, -0.15) is 0 Å². The molecule has 1 aliphatic heterocycles. The third-order valence-electron chi connectivity index (χ3n) is 3.62. The monoisotopic (exact) mass is 262 g/mol. The second-order valence-corrected chi connectivity index (χ2v) is 5.07. The highest BCUT2D eigenvalue weighted by Gasteiger charge is 2.30. The number of nitrogens with zero attached hydrogens (tertiary/aromatic N) is 1. The zero-order valence-corrected chi connectivity index (χ0v) is 12.1. The van der Waals surface area contributed by atoms with Gasteiger partial charge in [-0.05, 0) is 43.7 Å². The Labute approximate surface area is 114 Å². The largest absolute Gasteiger partial charge is 0.496 e. The number of amides is 1. The summed E-state index contributed by atoms with van der Waals surface area (Å²) in [7, 11) is 1.67. The number of rotatable bonds is 4. The van der Waals surface area contributed by atoms with Gasteiger partial charge in [0.25, 0.3) is 0 Å². The molecule has 1 N–H and O–H groups in total. The lowest BCUT2D eigenvalue weighted by molar-refractivity contribution is -0.117. The molecule has 4 nitrogen and oxygen atoms in total. The van der Waals surface area contributed by atoms with Gasteiger partial charge in [-0.1, -0.05) is 6.92 Å². The van der Waals surface area contributed by atoms with Crippen LogP contribution < -0.4 is 15.0 Å². The zero-order chi connectivity index (χ0) is 14.0. The van der Waals surface area contributed by atoms with Crippen LogP contribution in [0.3, 0.4) is 0 Å². The fourth-order valence-corrected chi connectivity index (χ4v) is 2.65. The molecule has 1 aromatic rings. The molecule has 1 atom stereocenters. The standard InChI is InChI=1S/C15H22N2O2/c1-5-16-12-8-15(18)17(9-12)13-6-11(3)14(19-4)7-10(13)2/h6-7,12,16H,5,8-9H2,1-4H3. The number of nitrogens with one attached hydrogen (secondary N) is 1. The van der Waals surface area contributed by atoms with Gasteiger partial charge in [0.1, 0.15) is 5.75 Å². The average Bonchev–Trinajstić information content (AvgIpc) is 2.73. The van der Waals surface area contributed by atoms with E-state index in [4.69, 9.17) is 4.74 Å². The Hall–Kier alpha value is -1.55. The topological polar surface area (TPSA) is 41.6 Å². The first-order valence-corrected chi connectivity index (χ1v) is 6.75. The van der Waals surface area contributed by atoms with Gasteiger partial charge in [-0.15, -0.1) is 0 Å². The lowest BCUT2D eigenvalue weighted by Gasteiger charge is -2.21. The fourth-order valence-electron chi connectivity index (χ4n) is 2.65. The number of carbonyl (C=O) groups is 1. The van der Waals surface area contributed by atoms with Crippen molar-refractivity contribution < 1.29 is 9.53 Å². The fraction of sp³-hybridized carbons (Fsp3) is 0.533. The van der Waals surface area contributed by atoms with Gasteiger partial charge < -0.3 is 15.0 Å².